The van der Waals surface area contributed by atoms with Crippen molar-refractivity contribution in [2.45, 2.75) is 45.1 Å². The molecule has 1 aromatic rings. The number of aliphatic hydroxyl groups excluding tert-OH is 1. The zero-order valence-electron chi connectivity index (χ0n) is 12.5. The lowest BCUT2D eigenvalue weighted by Gasteiger charge is -2.27. The Hall–Kier alpha value is -1.11. The predicted octanol–water partition coefficient (Wildman–Crippen LogP) is 1.67. The van der Waals surface area contributed by atoms with Gasteiger partial charge in [0.2, 0.25) is 10.0 Å². The molecule has 0 heterocycles. The van der Waals surface area contributed by atoms with Gasteiger partial charge >= 0.3 is 0 Å². The van der Waals surface area contributed by atoms with Crippen LogP contribution in [-0.4, -0.2) is 37.0 Å². The van der Waals surface area contributed by atoms with E-state index >= 15 is 0 Å². The van der Waals surface area contributed by atoms with Crippen LogP contribution in [0.4, 0.5) is 5.69 Å². The molecule has 0 aliphatic rings. The number of sulfonamides is 1. The molecule has 0 unspecified atom stereocenters. The van der Waals surface area contributed by atoms with E-state index in [-0.39, 0.29) is 12.6 Å². The minimum absolute atomic E-state index is 0.0293. The van der Waals surface area contributed by atoms with E-state index in [0.29, 0.717) is 34.7 Å². The van der Waals surface area contributed by atoms with Crippen LogP contribution in [0.5, 0.6) is 0 Å². The lowest BCUT2D eigenvalue weighted by molar-refractivity contribution is 0.258. The minimum Gasteiger partial charge on any atom is -0.399 e. The summed E-state index contributed by atoms with van der Waals surface area (Å²) in [7, 11) is -3.58. The van der Waals surface area contributed by atoms with Gasteiger partial charge in [0.25, 0.3) is 0 Å². The largest absolute Gasteiger partial charge is 0.399 e. The van der Waals surface area contributed by atoms with Crippen molar-refractivity contribution in [3.63, 3.8) is 0 Å². The van der Waals surface area contributed by atoms with Crippen LogP contribution in [0, 0.1) is 13.8 Å². The van der Waals surface area contributed by atoms with E-state index in [4.69, 9.17) is 10.8 Å². The van der Waals surface area contributed by atoms with Gasteiger partial charge in [0.1, 0.15) is 0 Å². The minimum atomic E-state index is -3.58. The number of nitrogens with two attached hydrogens (primary N) is 1. The van der Waals surface area contributed by atoms with Gasteiger partial charge in [0, 0.05) is 24.9 Å². The summed E-state index contributed by atoms with van der Waals surface area (Å²) in [6.07, 6.45) is 0.421. The second-order valence-electron chi connectivity index (χ2n) is 5.27. The first kappa shape index (κ1) is 16.9. The Labute approximate surface area is 121 Å². The molecule has 0 amide bonds. The van der Waals surface area contributed by atoms with E-state index in [1.165, 1.54) is 4.31 Å². The van der Waals surface area contributed by atoms with Crippen molar-refractivity contribution in [2.75, 3.05) is 18.9 Å². The molecule has 0 spiro atoms. The Morgan fingerprint density at radius 3 is 2.15 bits per heavy atom. The molecule has 3 N–H and O–H groups in total. The summed E-state index contributed by atoms with van der Waals surface area (Å²) in [5.41, 5.74) is 7.61. The third kappa shape index (κ3) is 3.50. The first-order valence-corrected chi connectivity index (χ1v) is 8.15. The number of aliphatic hydroxyl groups is 1. The monoisotopic (exact) mass is 300 g/mol. The molecule has 0 aromatic heterocycles. The summed E-state index contributed by atoms with van der Waals surface area (Å²) in [4.78, 5) is 0.318. The number of nitrogens with zero attached hydrogens (tertiary/aromatic N) is 1. The van der Waals surface area contributed by atoms with Gasteiger partial charge in [-0.1, -0.05) is 0 Å². The Bertz CT molecular complexity index is 545. The van der Waals surface area contributed by atoms with Crippen molar-refractivity contribution >= 4 is 15.7 Å². The summed E-state index contributed by atoms with van der Waals surface area (Å²) in [6.45, 7) is 7.44. The summed E-state index contributed by atoms with van der Waals surface area (Å²) in [5, 5.41) is 8.94. The van der Waals surface area contributed by atoms with Gasteiger partial charge in [0.15, 0.2) is 0 Å². The Morgan fingerprint density at radius 1 is 1.25 bits per heavy atom. The highest BCUT2D eigenvalue weighted by molar-refractivity contribution is 7.89. The van der Waals surface area contributed by atoms with Crippen molar-refractivity contribution in [3.8, 4) is 0 Å². The van der Waals surface area contributed by atoms with Crippen LogP contribution >= 0.6 is 0 Å². The predicted molar refractivity (Wildman–Crippen MR) is 81.1 cm³/mol. The zero-order chi connectivity index (χ0) is 15.5. The molecule has 114 valence electrons. The van der Waals surface area contributed by atoms with E-state index < -0.39 is 10.0 Å². The topological polar surface area (TPSA) is 83.6 Å². The number of aryl methyl sites for hydroxylation is 2. The number of hydrogen-bond donors (Lipinski definition) is 2. The van der Waals surface area contributed by atoms with Crippen LogP contribution in [0.1, 0.15) is 31.4 Å². The Morgan fingerprint density at radius 2 is 1.75 bits per heavy atom. The van der Waals surface area contributed by atoms with Gasteiger partial charge in [-0.3, -0.25) is 0 Å². The molecule has 0 saturated carbocycles. The Kier molecular flexibility index (Phi) is 5.56. The standard InChI is InChI=1S/C14H24N2O3S/c1-10(2)16(6-5-7-17)20(18,19)14-11(3)8-13(15)9-12(14)4/h8-10,17H,5-7,15H2,1-4H3. The molecular formula is C14H24N2O3S. The second kappa shape index (κ2) is 6.56. The molecule has 0 atom stereocenters. The third-order valence-electron chi connectivity index (χ3n) is 3.16. The van der Waals surface area contributed by atoms with Crippen molar-refractivity contribution in [1.29, 1.82) is 0 Å². The lowest BCUT2D eigenvalue weighted by atomic mass is 10.1. The maximum Gasteiger partial charge on any atom is 0.243 e. The first-order valence-electron chi connectivity index (χ1n) is 6.71. The fourth-order valence-corrected chi connectivity index (χ4v) is 4.48. The fraction of sp³-hybridized carbons (Fsp3) is 0.571. The van der Waals surface area contributed by atoms with Gasteiger partial charge in [-0.2, -0.15) is 4.31 Å². The summed E-state index contributed by atoms with van der Waals surface area (Å²) in [6, 6.07) is 3.18. The molecule has 5 nitrogen and oxygen atoms in total. The molecule has 0 aliphatic heterocycles. The Balaban J connectivity index is 3.34. The van der Waals surface area contributed by atoms with Crippen LogP contribution in [0.2, 0.25) is 0 Å². The van der Waals surface area contributed by atoms with Crippen molar-refractivity contribution < 1.29 is 13.5 Å². The summed E-state index contributed by atoms with van der Waals surface area (Å²) >= 11 is 0. The number of nitrogen functional groups attached to an aromatic ring is 1. The molecule has 1 rings (SSSR count). The van der Waals surface area contributed by atoms with Gasteiger partial charge in [-0.05, 0) is 57.4 Å². The normalized spacial score (nSPS) is 12.3. The first-order chi connectivity index (χ1) is 9.21. The maximum absolute atomic E-state index is 12.8. The average molecular weight is 300 g/mol. The van der Waals surface area contributed by atoms with E-state index in [0.717, 1.165) is 0 Å². The summed E-state index contributed by atoms with van der Waals surface area (Å²) < 4.78 is 27.1. The molecule has 0 aliphatic carbocycles. The van der Waals surface area contributed by atoms with E-state index in [9.17, 15) is 8.42 Å². The van der Waals surface area contributed by atoms with Crippen LogP contribution in [-0.2, 0) is 10.0 Å². The lowest BCUT2D eigenvalue weighted by Crippen LogP contribution is -2.38. The fourth-order valence-electron chi connectivity index (χ4n) is 2.39. The van der Waals surface area contributed by atoms with Crippen LogP contribution in [0.3, 0.4) is 0 Å². The van der Waals surface area contributed by atoms with Crippen LogP contribution < -0.4 is 5.73 Å². The molecular weight excluding hydrogens is 276 g/mol. The van der Waals surface area contributed by atoms with Gasteiger partial charge in [-0.15, -0.1) is 0 Å². The highest BCUT2D eigenvalue weighted by Crippen LogP contribution is 2.27. The third-order valence-corrected chi connectivity index (χ3v) is 5.54. The number of anilines is 1. The van der Waals surface area contributed by atoms with Gasteiger partial charge in [-0.25, -0.2) is 8.42 Å². The smallest absolute Gasteiger partial charge is 0.243 e. The molecule has 0 saturated heterocycles. The maximum atomic E-state index is 12.8. The summed E-state index contributed by atoms with van der Waals surface area (Å²) in [5.74, 6) is 0. The molecule has 20 heavy (non-hydrogen) atoms. The highest BCUT2D eigenvalue weighted by Gasteiger charge is 2.29. The molecule has 0 radical (unpaired) electrons. The van der Waals surface area contributed by atoms with Gasteiger partial charge in [0.05, 0.1) is 4.90 Å². The quantitative estimate of drug-likeness (QED) is 0.783. The molecule has 0 fully saturated rings. The highest BCUT2D eigenvalue weighted by atomic mass is 32.2. The van der Waals surface area contributed by atoms with Crippen molar-refractivity contribution in [1.82, 2.24) is 4.31 Å². The van der Waals surface area contributed by atoms with Gasteiger partial charge < -0.3 is 10.8 Å². The average Bonchev–Trinajstić information content (AvgIpc) is 2.26. The van der Waals surface area contributed by atoms with Crippen LogP contribution in [0.15, 0.2) is 17.0 Å². The molecule has 0 bridgehead atoms. The molecule has 6 heteroatoms. The SMILES string of the molecule is Cc1cc(N)cc(C)c1S(=O)(=O)N(CCCO)C(C)C. The number of rotatable bonds is 6. The number of benzene rings is 1. The number of hydrogen-bond acceptors (Lipinski definition) is 4. The zero-order valence-corrected chi connectivity index (χ0v) is 13.4. The van der Waals surface area contributed by atoms with Crippen molar-refractivity contribution in [3.05, 3.63) is 23.3 Å². The van der Waals surface area contributed by atoms with E-state index in [1.54, 1.807) is 26.0 Å². The molecule has 1 aromatic carbocycles. The van der Waals surface area contributed by atoms with E-state index in [1.807, 2.05) is 13.8 Å². The van der Waals surface area contributed by atoms with Crippen molar-refractivity contribution in [2.24, 2.45) is 0 Å². The second-order valence-corrected chi connectivity index (χ2v) is 7.10. The van der Waals surface area contributed by atoms with Crippen LogP contribution in [0.25, 0.3) is 0 Å². The van der Waals surface area contributed by atoms with E-state index in [2.05, 4.69) is 0 Å².